The van der Waals surface area contributed by atoms with Crippen LogP contribution in [-0.4, -0.2) is 23.8 Å². The predicted octanol–water partition coefficient (Wildman–Crippen LogP) is 3.89. The van der Waals surface area contributed by atoms with Crippen molar-refractivity contribution in [2.45, 2.75) is 57.5 Å². The molecule has 0 spiro atoms. The third kappa shape index (κ3) is 1.98. The number of carbonyl (C=O) groups excluding carboxylic acids is 1. The average Bonchev–Trinajstić information content (AvgIpc) is 2.94. The van der Waals surface area contributed by atoms with Gasteiger partial charge in [-0.25, -0.2) is 0 Å². The van der Waals surface area contributed by atoms with E-state index < -0.39 is 0 Å². The Morgan fingerprint density at radius 2 is 1.86 bits per heavy atom. The minimum atomic E-state index is 0.175. The van der Waals surface area contributed by atoms with Crippen molar-refractivity contribution >= 4 is 17.6 Å². The molecule has 118 valence electrons. The molecule has 0 aromatic carbocycles. The first-order chi connectivity index (χ1) is 10.8. The highest BCUT2D eigenvalue weighted by atomic mass is 32.1. The van der Waals surface area contributed by atoms with Crippen LogP contribution in [0.15, 0.2) is 11.4 Å². The van der Waals surface area contributed by atoms with Crippen LogP contribution in [-0.2, 0) is 17.8 Å². The van der Waals surface area contributed by atoms with Crippen molar-refractivity contribution in [2.24, 2.45) is 23.2 Å². The topological polar surface area (TPSA) is 20.3 Å². The number of hydrogen-bond acceptors (Lipinski definition) is 3. The van der Waals surface area contributed by atoms with Crippen LogP contribution in [0, 0.1) is 23.2 Å². The van der Waals surface area contributed by atoms with Crippen molar-refractivity contribution in [3.05, 3.63) is 21.9 Å². The van der Waals surface area contributed by atoms with Crippen molar-refractivity contribution in [3.8, 4) is 0 Å². The molecule has 5 aliphatic rings. The van der Waals surface area contributed by atoms with E-state index in [0.29, 0.717) is 5.41 Å². The van der Waals surface area contributed by atoms with E-state index in [4.69, 9.17) is 0 Å². The van der Waals surface area contributed by atoms with Crippen molar-refractivity contribution in [2.75, 3.05) is 6.54 Å². The summed E-state index contributed by atoms with van der Waals surface area (Å²) in [6, 6.07) is 2.45. The molecule has 1 atom stereocenters. The highest BCUT2D eigenvalue weighted by Crippen LogP contribution is 2.61. The number of aldehydes is 1. The first-order valence-corrected chi connectivity index (χ1v) is 9.88. The second kappa shape index (κ2) is 4.91. The van der Waals surface area contributed by atoms with Crippen LogP contribution in [0.1, 0.15) is 49.0 Å². The van der Waals surface area contributed by atoms with Gasteiger partial charge in [0.05, 0.1) is 6.04 Å². The molecule has 1 aromatic rings. The first kappa shape index (κ1) is 13.7. The third-order valence-electron chi connectivity index (χ3n) is 7.07. The summed E-state index contributed by atoms with van der Waals surface area (Å²) >= 11 is 1.89. The minimum absolute atomic E-state index is 0.175. The van der Waals surface area contributed by atoms with Gasteiger partial charge in [0, 0.05) is 18.0 Å². The minimum Gasteiger partial charge on any atom is -0.302 e. The SMILES string of the molecule is O=CC(N1CCc2sccc2C1)C12CC3CC(CC(C3)C1)C2. The lowest BCUT2D eigenvalue weighted by atomic mass is 9.47. The van der Waals surface area contributed by atoms with Gasteiger partial charge >= 0.3 is 0 Å². The molecule has 22 heavy (non-hydrogen) atoms. The highest BCUT2D eigenvalue weighted by Gasteiger charge is 2.55. The molecule has 4 bridgehead atoms. The van der Waals surface area contributed by atoms with Crippen LogP contribution < -0.4 is 0 Å². The molecular weight excluding hydrogens is 290 g/mol. The van der Waals surface area contributed by atoms with E-state index >= 15 is 0 Å². The van der Waals surface area contributed by atoms with Crippen LogP contribution in [0.3, 0.4) is 0 Å². The zero-order valence-electron chi connectivity index (χ0n) is 13.2. The lowest BCUT2D eigenvalue weighted by Gasteiger charge is -2.60. The lowest BCUT2D eigenvalue weighted by Crippen LogP contribution is -2.58. The van der Waals surface area contributed by atoms with Gasteiger partial charge in [-0.1, -0.05) is 0 Å². The van der Waals surface area contributed by atoms with E-state index in [1.807, 2.05) is 11.3 Å². The Morgan fingerprint density at radius 1 is 1.18 bits per heavy atom. The van der Waals surface area contributed by atoms with Gasteiger partial charge in [0.2, 0.25) is 0 Å². The molecule has 1 aromatic heterocycles. The third-order valence-corrected chi connectivity index (χ3v) is 8.10. The molecule has 4 fully saturated rings. The average molecular weight is 315 g/mol. The van der Waals surface area contributed by atoms with Crippen molar-refractivity contribution in [1.29, 1.82) is 0 Å². The monoisotopic (exact) mass is 315 g/mol. The molecule has 4 aliphatic carbocycles. The molecule has 1 unspecified atom stereocenters. The fraction of sp³-hybridized carbons (Fsp3) is 0.737. The maximum Gasteiger partial charge on any atom is 0.137 e. The van der Waals surface area contributed by atoms with Gasteiger partial charge in [0.25, 0.3) is 0 Å². The summed E-state index contributed by atoms with van der Waals surface area (Å²) in [6.45, 7) is 2.09. The first-order valence-electron chi connectivity index (χ1n) is 9.00. The van der Waals surface area contributed by atoms with Gasteiger partial charge in [0.1, 0.15) is 6.29 Å². The molecule has 6 rings (SSSR count). The summed E-state index contributed by atoms with van der Waals surface area (Å²) in [6.07, 6.45) is 10.8. The maximum absolute atomic E-state index is 12.1. The summed E-state index contributed by atoms with van der Waals surface area (Å²) in [5.41, 5.74) is 1.80. The molecule has 4 saturated carbocycles. The summed E-state index contributed by atoms with van der Waals surface area (Å²) in [7, 11) is 0. The maximum atomic E-state index is 12.1. The van der Waals surface area contributed by atoms with E-state index in [0.717, 1.165) is 37.3 Å². The zero-order valence-corrected chi connectivity index (χ0v) is 14.0. The Bertz CT molecular complexity index is 557. The molecule has 1 aliphatic heterocycles. The Balaban J connectivity index is 1.44. The van der Waals surface area contributed by atoms with Crippen LogP contribution in [0.4, 0.5) is 0 Å². The summed E-state index contributed by atoms with van der Waals surface area (Å²) in [4.78, 5) is 16.2. The predicted molar refractivity (Wildman–Crippen MR) is 88.9 cm³/mol. The van der Waals surface area contributed by atoms with Crippen LogP contribution >= 0.6 is 11.3 Å². The quantitative estimate of drug-likeness (QED) is 0.789. The van der Waals surface area contributed by atoms with Gasteiger partial charge < -0.3 is 4.79 Å². The number of rotatable bonds is 3. The van der Waals surface area contributed by atoms with Gasteiger partial charge in [0.15, 0.2) is 0 Å². The van der Waals surface area contributed by atoms with E-state index in [2.05, 4.69) is 16.3 Å². The fourth-order valence-electron chi connectivity index (χ4n) is 6.67. The zero-order chi connectivity index (χ0) is 14.7. The van der Waals surface area contributed by atoms with Gasteiger partial charge in [-0.05, 0) is 85.1 Å². The van der Waals surface area contributed by atoms with E-state index in [1.165, 1.54) is 50.4 Å². The van der Waals surface area contributed by atoms with Crippen LogP contribution in [0.5, 0.6) is 0 Å². The van der Waals surface area contributed by atoms with Crippen molar-refractivity contribution < 1.29 is 4.79 Å². The molecule has 0 amide bonds. The summed E-state index contributed by atoms with van der Waals surface area (Å²) in [5, 5.41) is 2.22. The number of hydrogen-bond donors (Lipinski definition) is 0. The van der Waals surface area contributed by atoms with E-state index in [-0.39, 0.29) is 6.04 Å². The Labute approximate surface area is 136 Å². The number of carbonyl (C=O) groups is 1. The molecule has 0 radical (unpaired) electrons. The Morgan fingerprint density at radius 3 is 2.50 bits per heavy atom. The summed E-state index contributed by atoms with van der Waals surface area (Å²) < 4.78 is 0. The van der Waals surface area contributed by atoms with Gasteiger partial charge in [-0.15, -0.1) is 11.3 Å². The Kier molecular flexibility index (Phi) is 3.07. The normalized spacial score (nSPS) is 41.4. The molecule has 2 heterocycles. The molecule has 2 nitrogen and oxygen atoms in total. The fourth-order valence-corrected chi connectivity index (χ4v) is 7.55. The molecule has 0 N–H and O–H groups in total. The van der Waals surface area contributed by atoms with Crippen LogP contribution in [0.2, 0.25) is 0 Å². The largest absolute Gasteiger partial charge is 0.302 e. The second-order valence-corrected chi connectivity index (χ2v) is 9.45. The van der Waals surface area contributed by atoms with Crippen molar-refractivity contribution in [1.82, 2.24) is 4.90 Å². The van der Waals surface area contributed by atoms with E-state index in [1.54, 1.807) is 4.88 Å². The molecular formula is C19H25NOS. The standard InChI is InChI=1S/C19H25NOS/c21-12-18(20-3-1-17-16(11-20)2-4-22-17)19-8-13-5-14(9-19)7-15(6-13)10-19/h2,4,12-15,18H,1,3,5-11H2. The van der Waals surface area contributed by atoms with E-state index in [9.17, 15) is 4.79 Å². The van der Waals surface area contributed by atoms with Gasteiger partial charge in [-0.2, -0.15) is 0 Å². The number of thiophene rings is 1. The van der Waals surface area contributed by atoms with Crippen molar-refractivity contribution in [3.63, 3.8) is 0 Å². The summed E-state index contributed by atoms with van der Waals surface area (Å²) in [5.74, 6) is 2.78. The molecule has 0 saturated heterocycles. The Hall–Kier alpha value is -0.670. The highest BCUT2D eigenvalue weighted by molar-refractivity contribution is 7.10. The lowest BCUT2D eigenvalue weighted by molar-refractivity contribution is -0.133. The molecule has 3 heteroatoms. The number of fused-ring (bicyclic) bond motifs is 1. The number of nitrogens with zero attached hydrogens (tertiary/aromatic N) is 1. The smallest absolute Gasteiger partial charge is 0.137 e. The van der Waals surface area contributed by atoms with Gasteiger partial charge in [-0.3, -0.25) is 4.90 Å². The van der Waals surface area contributed by atoms with Crippen LogP contribution in [0.25, 0.3) is 0 Å². The second-order valence-electron chi connectivity index (χ2n) is 8.45.